The van der Waals surface area contributed by atoms with E-state index in [2.05, 4.69) is 13.8 Å². The Labute approximate surface area is 162 Å². The third-order valence-corrected chi connectivity index (χ3v) is 7.34. The Balaban J connectivity index is 1.53. The van der Waals surface area contributed by atoms with Gasteiger partial charge in [-0.1, -0.05) is 26.7 Å². The summed E-state index contributed by atoms with van der Waals surface area (Å²) in [6, 6.07) is 0. The maximum Gasteiger partial charge on any atom is 0.305 e. The van der Waals surface area contributed by atoms with Crippen LogP contribution in [0.1, 0.15) is 79.1 Å². The molecule has 4 aliphatic heterocycles. The van der Waals surface area contributed by atoms with Gasteiger partial charge in [-0.25, -0.2) is 9.78 Å². The number of carbonyl (C=O) groups excluding carboxylic acids is 1. The standard InChI is InChI=1S/C21H34O6/c1-5-6-7-8-17(22)23-13-19(3)16-10-9-14(2)15-11-12-20(4)25-18(24-19)21(15,16)27-26-20/h14-16,18H,5-13H2,1-4H3/t14-,15+,16+,18-,19?,20+,21-/m1/s1. The molecule has 0 aromatic carbocycles. The lowest BCUT2D eigenvalue weighted by Crippen LogP contribution is -2.62. The monoisotopic (exact) mass is 382 g/mol. The van der Waals surface area contributed by atoms with Gasteiger partial charge in [0.25, 0.3) is 0 Å². The summed E-state index contributed by atoms with van der Waals surface area (Å²) in [5.41, 5.74) is -1.22. The highest BCUT2D eigenvalue weighted by molar-refractivity contribution is 5.69. The highest BCUT2D eigenvalue weighted by Crippen LogP contribution is 2.63. The lowest BCUT2D eigenvalue weighted by molar-refractivity contribution is -0.541. The zero-order valence-corrected chi connectivity index (χ0v) is 17.1. The van der Waals surface area contributed by atoms with E-state index in [1.54, 1.807) is 0 Å². The molecule has 5 rings (SSSR count). The van der Waals surface area contributed by atoms with Crippen molar-refractivity contribution in [3.8, 4) is 0 Å². The number of carbonyl (C=O) groups is 1. The van der Waals surface area contributed by atoms with Crippen LogP contribution in [0.5, 0.6) is 0 Å². The molecule has 7 atom stereocenters. The number of esters is 1. The summed E-state index contributed by atoms with van der Waals surface area (Å²) in [4.78, 5) is 24.1. The predicted molar refractivity (Wildman–Crippen MR) is 97.4 cm³/mol. The van der Waals surface area contributed by atoms with Crippen LogP contribution in [0.3, 0.4) is 0 Å². The Morgan fingerprint density at radius 1 is 1.11 bits per heavy atom. The van der Waals surface area contributed by atoms with Gasteiger partial charge in [0.15, 0.2) is 11.9 Å². The van der Waals surface area contributed by atoms with Crippen LogP contribution >= 0.6 is 0 Å². The van der Waals surface area contributed by atoms with Gasteiger partial charge in [0.2, 0.25) is 5.79 Å². The first-order valence-electron chi connectivity index (χ1n) is 10.7. The van der Waals surface area contributed by atoms with Crippen molar-refractivity contribution in [2.45, 2.75) is 102 Å². The molecule has 4 heterocycles. The van der Waals surface area contributed by atoms with E-state index in [-0.39, 0.29) is 18.5 Å². The van der Waals surface area contributed by atoms with Crippen molar-refractivity contribution in [2.75, 3.05) is 6.61 Å². The molecule has 0 aromatic heterocycles. The van der Waals surface area contributed by atoms with Crippen molar-refractivity contribution in [3.05, 3.63) is 0 Å². The van der Waals surface area contributed by atoms with Gasteiger partial charge in [0.1, 0.15) is 12.2 Å². The predicted octanol–water partition coefficient (Wildman–Crippen LogP) is 4.11. The Morgan fingerprint density at radius 2 is 1.93 bits per heavy atom. The molecule has 0 aromatic rings. The number of hydrogen-bond donors (Lipinski definition) is 0. The summed E-state index contributed by atoms with van der Waals surface area (Å²) < 4.78 is 18.4. The number of fused-ring (bicyclic) bond motifs is 2. The molecular formula is C21H34O6. The summed E-state index contributed by atoms with van der Waals surface area (Å²) in [5, 5.41) is 0. The van der Waals surface area contributed by atoms with Gasteiger partial charge in [-0.15, -0.1) is 0 Å². The van der Waals surface area contributed by atoms with E-state index in [9.17, 15) is 4.79 Å². The van der Waals surface area contributed by atoms with Crippen molar-refractivity contribution in [3.63, 3.8) is 0 Å². The van der Waals surface area contributed by atoms with Crippen LogP contribution in [-0.4, -0.2) is 35.9 Å². The van der Waals surface area contributed by atoms with E-state index >= 15 is 0 Å². The molecule has 0 amide bonds. The Hall–Kier alpha value is -0.690. The molecule has 2 bridgehead atoms. The fourth-order valence-corrected chi connectivity index (χ4v) is 5.76. The first kappa shape index (κ1) is 19.6. The number of ether oxygens (including phenoxy) is 3. The fraction of sp³-hybridized carbons (Fsp3) is 0.952. The SMILES string of the molecule is CCCCCC(=O)OCC1(C)O[C@@H]2O[C@]3(C)CC[C@H]4[C@H](C)CC[C@@H]1[C@@]24OO3. The Morgan fingerprint density at radius 3 is 2.70 bits per heavy atom. The first-order chi connectivity index (χ1) is 12.8. The lowest BCUT2D eigenvalue weighted by atomic mass is 9.60. The number of rotatable bonds is 6. The van der Waals surface area contributed by atoms with Crippen LogP contribution in [-0.2, 0) is 28.8 Å². The fourth-order valence-electron chi connectivity index (χ4n) is 5.76. The molecule has 5 aliphatic rings. The summed E-state index contributed by atoms with van der Waals surface area (Å²) in [6.07, 6.45) is 6.90. The minimum atomic E-state index is -0.764. The minimum absolute atomic E-state index is 0.0855. The van der Waals surface area contributed by atoms with Crippen molar-refractivity contribution >= 4 is 5.97 Å². The quantitative estimate of drug-likeness (QED) is 0.391. The van der Waals surface area contributed by atoms with Crippen LogP contribution in [0.4, 0.5) is 0 Å². The van der Waals surface area contributed by atoms with E-state index < -0.39 is 23.3 Å². The summed E-state index contributed by atoms with van der Waals surface area (Å²) in [7, 11) is 0. The van der Waals surface area contributed by atoms with Crippen LogP contribution < -0.4 is 0 Å². The van der Waals surface area contributed by atoms with Gasteiger partial charge in [-0.2, -0.15) is 0 Å². The highest BCUT2D eigenvalue weighted by Gasteiger charge is 2.74. The number of unbranched alkanes of at least 4 members (excludes halogenated alkanes) is 2. The molecule has 6 nitrogen and oxygen atoms in total. The summed E-state index contributed by atoms with van der Waals surface area (Å²) >= 11 is 0. The third-order valence-electron chi connectivity index (χ3n) is 7.34. The zero-order valence-electron chi connectivity index (χ0n) is 17.1. The molecule has 0 radical (unpaired) electrons. The summed E-state index contributed by atoms with van der Waals surface area (Å²) in [5.74, 6) is 0.0291. The topological polar surface area (TPSA) is 63.2 Å². The number of hydrogen-bond acceptors (Lipinski definition) is 6. The molecule has 154 valence electrons. The van der Waals surface area contributed by atoms with Crippen molar-refractivity contribution in [1.29, 1.82) is 0 Å². The van der Waals surface area contributed by atoms with Crippen LogP contribution in [0.2, 0.25) is 0 Å². The molecule has 1 saturated carbocycles. The average molecular weight is 382 g/mol. The lowest BCUT2D eigenvalue weighted by Gasteiger charge is -2.50. The molecule has 27 heavy (non-hydrogen) atoms. The maximum absolute atomic E-state index is 12.2. The van der Waals surface area contributed by atoms with Gasteiger partial charge in [-0.3, -0.25) is 4.79 Å². The molecule has 1 spiro atoms. The van der Waals surface area contributed by atoms with Crippen LogP contribution in [0, 0.1) is 17.8 Å². The highest BCUT2D eigenvalue weighted by atomic mass is 17.3. The van der Waals surface area contributed by atoms with E-state index in [0.717, 1.165) is 44.9 Å². The molecule has 0 N–H and O–H groups in total. The van der Waals surface area contributed by atoms with Crippen molar-refractivity contribution in [1.82, 2.24) is 0 Å². The van der Waals surface area contributed by atoms with Gasteiger partial charge >= 0.3 is 5.97 Å². The maximum atomic E-state index is 12.2. The van der Waals surface area contributed by atoms with E-state index in [4.69, 9.17) is 24.0 Å². The van der Waals surface area contributed by atoms with Gasteiger partial charge < -0.3 is 14.2 Å². The van der Waals surface area contributed by atoms with E-state index in [0.29, 0.717) is 18.3 Å². The summed E-state index contributed by atoms with van der Waals surface area (Å²) in [6.45, 7) is 8.62. The molecule has 5 fully saturated rings. The minimum Gasteiger partial charge on any atom is -0.463 e. The Kier molecular flexibility index (Phi) is 5.07. The van der Waals surface area contributed by atoms with Gasteiger partial charge in [0, 0.05) is 18.8 Å². The van der Waals surface area contributed by atoms with Crippen molar-refractivity contribution < 1.29 is 28.8 Å². The smallest absolute Gasteiger partial charge is 0.305 e. The zero-order chi connectivity index (χ0) is 19.3. The average Bonchev–Trinajstić information content (AvgIpc) is 2.72. The van der Waals surface area contributed by atoms with Gasteiger partial charge in [-0.05, 0) is 51.4 Å². The molecule has 6 heteroatoms. The molecule has 1 aliphatic carbocycles. The normalized spacial score (nSPS) is 48.1. The van der Waals surface area contributed by atoms with Gasteiger partial charge in [0.05, 0.1) is 0 Å². The second kappa shape index (κ2) is 6.97. The first-order valence-corrected chi connectivity index (χ1v) is 10.7. The molecule has 4 saturated heterocycles. The van der Waals surface area contributed by atoms with E-state index in [1.807, 2.05) is 13.8 Å². The second-order valence-electron chi connectivity index (χ2n) is 9.40. The molecular weight excluding hydrogens is 348 g/mol. The molecule has 1 unspecified atom stereocenters. The second-order valence-corrected chi connectivity index (χ2v) is 9.40. The van der Waals surface area contributed by atoms with Crippen LogP contribution in [0.15, 0.2) is 0 Å². The Bertz CT molecular complexity index is 581. The van der Waals surface area contributed by atoms with E-state index in [1.165, 1.54) is 0 Å². The largest absolute Gasteiger partial charge is 0.463 e. The van der Waals surface area contributed by atoms with Crippen molar-refractivity contribution in [2.24, 2.45) is 17.8 Å². The third kappa shape index (κ3) is 3.13. The van der Waals surface area contributed by atoms with Crippen LogP contribution in [0.25, 0.3) is 0 Å².